The topological polar surface area (TPSA) is 51.4 Å². The van der Waals surface area contributed by atoms with E-state index in [1.807, 2.05) is 31.3 Å². The average Bonchev–Trinajstić information content (AvgIpc) is 2.48. The van der Waals surface area contributed by atoms with Gasteiger partial charge in [0, 0.05) is 25.0 Å². The Bertz CT molecular complexity index is 557. The van der Waals surface area contributed by atoms with E-state index in [0.717, 1.165) is 17.9 Å². The molecular formula is C17H23N3O. The first-order chi connectivity index (χ1) is 10.1. The van der Waals surface area contributed by atoms with E-state index in [-0.39, 0.29) is 12.1 Å². The van der Waals surface area contributed by atoms with Gasteiger partial charge in [0.05, 0.1) is 13.2 Å². The second-order valence-electron chi connectivity index (χ2n) is 5.36. The molecule has 0 aliphatic rings. The van der Waals surface area contributed by atoms with E-state index in [9.17, 15) is 0 Å². The molecule has 1 aromatic heterocycles. The largest absolute Gasteiger partial charge is 0.497 e. The summed E-state index contributed by atoms with van der Waals surface area (Å²) in [5, 5.41) is 0. The Morgan fingerprint density at radius 1 is 1.29 bits per heavy atom. The van der Waals surface area contributed by atoms with Gasteiger partial charge in [-0.15, -0.1) is 0 Å². The summed E-state index contributed by atoms with van der Waals surface area (Å²) in [6, 6.07) is 12.3. The minimum absolute atomic E-state index is 0.0183. The molecule has 2 unspecified atom stereocenters. The zero-order valence-corrected chi connectivity index (χ0v) is 12.9. The minimum Gasteiger partial charge on any atom is -0.497 e. The molecule has 0 saturated heterocycles. The highest BCUT2D eigenvalue weighted by Crippen LogP contribution is 2.24. The second-order valence-corrected chi connectivity index (χ2v) is 5.36. The fourth-order valence-electron chi connectivity index (χ4n) is 2.67. The molecule has 0 amide bonds. The van der Waals surface area contributed by atoms with Crippen LogP contribution in [0.25, 0.3) is 0 Å². The number of methoxy groups -OCH3 is 1. The third-order valence-electron chi connectivity index (χ3n) is 3.56. The first kappa shape index (κ1) is 15.5. The van der Waals surface area contributed by atoms with E-state index in [4.69, 9.17) is 10.5 Å². The third kappa shape index (κ3) is 4.03. The summed E-state index contributed by atoms with van der Waals surface area (Å²) in [4.78, 5) is 6.45. The van der Waals surface area contributed by atoms with E-state index >= 15 is 0 Å². The fourth-order valence-corrected chi connectivity index (χ4v) is 2.67. The van der Waals surface area contributed by atoms with Crippen molar-refractivity contribution in [3.05, 3.63) is 59.9 Å². The highest BCUT2D eigenvalue weighted by molar-refractivity contribution is 5.28. The standard InChI is InChI=1S/C17H23N3O/c1-13(18)17(15-7-5-9-19-11-15)20(2)12-14-6-4-8-16(10-14)21-3/h4-11,13,17H,12,18H2,1-3H3. The Morgan fingerprint density at radius 2 is 2.10 bits per heavy atom. The monoisotopic (exact) mass is 285 g/mol. The molecule has 0 bridgehead atoms. The van der Waals surface area contributed by atoms with E-state index in [0.29, 0.717) is 0 Å². The Balaban J connectivity index is 2.17. The molecule has 0 aliphatic heterocycles. The van der Waals surface area contributed by atoms with Crippen LogP contribution in [0.5, 0.6) is 5.75 Å². The van der Waals surface area contributed by atoms with Gasteiger partial charge in [0.15, 0.2) is 0 Å². The maximum atomic E-state index is 6.19. The predicted molar refractivity (Wildman–Crippen MR) is 85.1 cm³/mol. The Labute approximate surface area is 126 Å². The van der Waals surface area contributed by atoms with Crippen molar-refractivity contribution in [3.8, 4) is 5.75 Å². The quantitative estimate of drug-likeness (QED) is 0.886. The number of hydrogen-bond donors (Lipinski definition) is 1. The molecule has 4 nitrogen and oxygen atoms in total. The lowest BCUT2D eigenvalue weighted by Crippen LogP contribution is -2.37. The predicted octanol–water partition coefficient (Wildman–Crippen LogP) is 2.61. The summed E-state index contributed by atoms with van der Waals surface area (Å²) in [6.45, 7) is 2.83. The molecule has 0 radical (unpaired) electrons. The van der Waals surface area contributed by atoms with Crippen molar-refractivity contribution in [3.63, 3.8) is 0 Å². The van der Waals surface area contributed by atoms with Crippen LogP contribution in [-0.4, -0.2) is 30.1 Å². The molecule has 0 spiro atoms. The minimum atomic E-state index is 0.0183. The lowest BCUT2D eigenvalue weighted by atomic mass is 10.0. The van der Waals surface area contributed by atoms with Gasteiger partial charge in [-0.2, -0.15) is 0 Å². The fraction of sp³-hybridized carbons (Fsp3) is 0.353. The number of nitrogens with zero attached hydrogens (tertiary/aromatic N) is 2. The maximum Gasteiger partial charge on any atom is 0.119 e. The van der Waals surface area contributed by atoms with E-state index in [2.05, 4.69) is 35.1 Å². The van der Waals surface area contributed by atoms with Gasteiger partial charge >= 0.3 is 0 Å². The zero-order chi connectivity index (χ0) is 15.2. The van der Waals surface area contributed by atoms with Crippen LogP contribution in [0.15, 0.2) is 48.8 Å². The molecule has 2 N–H and O–H groups in total. The van der Waals surface area contributed by atoms with Gasteiger partial charge in [-0.3, -0.25) is 9.88 Å². The number of rotatable bonds is 6. The third-order valence-corrected chi connectivity index (χ3v) is 3.56. The molecule has 4 heteroatoms. The molecule has 0 aliphatic carbocycles. The molecule has 112 valence electrons. The van der Waals surface area contributed by atoms with Crippen molar-refractivity contribution in [1.82, 2.24) is 9.88 Å². The molecule has 2 aromatic rings. The van der Waals surface area contributed by atoms with Crippen molar-refractivity contribution in [2.75, 3.05) is 14.2 Å². The normalized spacial score (nSPS) is 14.0. The lowest BCUT2D eigenvalue weighted by molar-refractivity contribution is 0.210. The molecule has 2 rings (SSSR count). The van der Waals surface area contributed by atoms with Crippen molar-refractivity contribution in [1.29, 1.82) is 0 Å². The highest BCUT2D eigenvalue weighted by atomic mass is 16.5. The summed E-state index contributed by atoms with van der Waals surface area (Å²) in [5.41, 5.74) is 8.52. The van der Waals surface area contributed by atoms with Gasteiger partial charge < -0.3 is 10.5 Å². The summed E-state index contributed by atoms with van der Waals surface area (Å²) < 4.78 is 5.28. The average molecular weight is 285 g/mol. The summed E-state index contributed by atoms with van der Waals surface area (Å²) in [5.74, 6) is 0.875. The van der Waals surface area contributed by atoms with Crippen molar-refractivity contribution >= 4 is 0 Å². The summed E-state index contributed by atoms with van der Waals surface area (Å²) in [6.07, 6.45) is 3.67. The van der Waals surface area contributed by atoms with E-state index in [1.54, 1.807) is 13.3 Å². The van der Waals surface area contributed by atoms with Gasteiger partial charge in [-0.1, -0.05) is 18.2 Å². The molecule has 1 aromatic carbocycles. The number of likely N-dealkylation sites (N-methyl/N-ethyl adjacent to an activating group) is 1. The smallest absolute Gasteiger partial charge is 0.119 e. The molecule has 21 heavy (non-hydrogen) atoms. The highest BCUT2D eigenvalue weighted by Gasteiger charge is 2.21. The maximum absolute atomic E-state index is 6.19. The molecule has 0 saturated carbocycles. The van der Waals surface area contributed by atoms with Gasteiger partial charge in [0.2, 0.25) is 0 Å². The number of hydrogen-bond acceptors (Lipinski definition) is 4. The molecule has 2 atom stereocenters. The first-order valence-electron chi connectivity index (χ1n) is 7.10. The number of ether oxygens (including phenoxy) is 1. The number of aromatic nitrogens is 1. The number of nitrogens with two attached hydrogens (primary N) is 1. The van der Waals surface area contributed by atoms with Crippen molar-refractivity contribution < 1.29 is 4.74 Å². The summed E-state index contributed by atoms with van der Waals surface area (Å²) in [7, 11) is 3.77. The first-order valence-corrected chi connectivity index (χ1v) is 7.10. The van der Waals surface area contributed by atoms with Crippen LogP contribution in [0, 0.1) is 0 Å². The van der Waals surface area contributed by atoms with Crippen LogP contribution in [0.4, 0.5) is 0 Å². The van der Waals surface area contributed by atoms with Crippen LogP contribution >= 0.6 is 0 Å². The van der Waals surface area contributed by atoms with E-state index < -0.39 is 0 Å². The van der Waals surface area contributed by atoms with Crippen LogP contribution in [0.2, 0.25) is 0 Å². The SMILES string of the molecule is COc1cccc(CN(C)C(c2cccnc2)C(C)N)c1. The zero-order valence-electron chi connectivity index (χ0n) is 12.9. The van der Waals surface area contributed by atoms with E-state index in [1.165, 1.54) is 5.56 Å². The van der Waals surface area contributed by atoms with Crippen LogP contribution in [0.1, 0.15) is 24.1 Å². The Morgan fingerprint density at radius 3 is 2.71 bits per heavy atom. The van der Waals surface area contributed by atoms with Crippen LogP contribution in [0.3, 0.4) is 0 Å². The van der Waals surface area contributed by atoms with Gasteiger partial charge in [-0.05, 0) is 43.3 Å². The second kappa shape index (κ2) is 7.20. The van der Waals surface area contributed by atoms with Crippen molar-refractivity contribution in [2.24, 2.45) is 5.73 Å². The van der Waals surface area contributed by atoms with Crippen molar-refractivity contribution in [2.45, 2.75) is 25.6 Å². The Hall–Kier alpha value is -1.91. The lowest BCUT2D eigenvalue weighted by Gasteiger charge is -2.31. The van der Waals surface area contributed by atoms with Gasteiger partial charge in [0.25, 0.3) is 0 Å². The number of benzene rings is 1. The molecule has 0 fully saturated rings. The molecular weight excluding hydrogens is 262 g/mol. The Kier molecular flexibility index (Phi) is 5.31. The van der Waals surface area contributed by atoms with Crippen LogP contribution < -0.4 is 10.5 Å². The van der Waals surface area contributed by atoms with Gasteiger partial charge in [0.1, 0.15) is 5.75 Å². The van der Waals surface area contributed by atoms with Crippen LogP contribution in [-0.2, 0) is 6.54 Å². The molecule has 1 heterocycles. The van der Waals surface area contributed by atoms with Gasteiger partial charge in [-0.25, -0.2) is 0 Å². The summed E-state index contributed by atoms with van der Waals surface area (Å²) >= 11 is 0. The number of pyridine rings is 1.